The number of hydrogen-bond acceptors (Lipinski definition) is 4. The van der Waals surface area contributed by atoms with Gasteiger partial charge in [-0.25, -0.2) is 12.8 Å². The van der Waals surface area contributed by atoms with E-state index in [1.165, 1.54) is 18.2 Å². The third-order valence-electron chi connectivity index (χ3n) is 9.57. The second-order valence-electron chi connectivity index (χ2n) is 11.8. The van der Waals surface area contributed by atoms with Crippen molar-refractivity contribution < 1.29 is 22.3 Å². The Morgan fingerprint density at radius 2 is 1.71 bits per heavy atom. The van der Waals surface area contributed by atoms with Crippen molar-refractivity contribution in [2.75, 3.05) is 13.2 Å². The summed E-state index contributed by atoms with van der Waals surface area (Å²) >= 11 is 12.9. The summed E-state index contributed by atoms with van der Waals surface area (Å²) in [6.07, 6.45) is 6.11. The zero-order valence-corrected chi connectivity index (χ0v) is 24.5. The maximum Gasteiger partial charge on any atom is 0.233 e. The normalized spacial score (nSPS) is 31.6. The first kappa shape index (κ1) is 28.1. The first-order valence-electron chi connectivity index (χ1n) is 13.6. The minimum atomic E-state index is -3.92. The molecule has 1 aromatic rings. The Balaban J connectivity index is 1.58. The SMILES string of the molecule is CC1C2CCCCC2C(C)(C)C(=O)N1C1=C(F)C=C(C2(S(=O)(=O)c3ccc(Cl)cc3)CCOCC2)CC1Cl. The second kappa shape index (κ2) is 10.2. The van der Waals surface area contributed by atoms with Crippen molar-refractivity contribution in [3.05, 3.63) is 52.5 Å². The van der Waals surface area contributed by atoms with Crippen molar-refractivity contribution in [3.63, 3.8) is 0 Å². The smallest absolute Gasteiger partial charge is 0.233 e. The van der Waals surface area contributed by atoms with Gasteiger partial charge in [0.05, 0.1) is 16.0 Å². The molecule has 2 aliphatic heterocycles. The lowest BCUT2D eigenvalue weighted by Crippen LogP contribution is -2.60. The third-order valence-corrected chi connectivity index (χ3v) is 12.8. The molecule has 9 heteroatoms. The summed E-state index contributed by atoms with van der Waals surface area (Å²) < 4.78 is 48.5. The van der Waals surface area contributed by atoms with Gasteiger partial charge < -0.3 is 9.64 Å². The number of benzene rings is 1. The number of sulfone groups is 1. The fourth-order valence-electron chi connectivity index (χ4n) is 7.42. The van der Waals surface area contributed by atoms with Gasteiger partial charge in [-0.15, -0.1) is 11.6 Å². The average Bonchev–Trinajstić information content (AvgIpc) is 2.89. The highest BCUT2D eigenvalue weighted by atomic mass is 35.5. The fourth-order valence-corrected chi connectivity index (χ4v) is 10.1. The van der Waals surface area contributed by atoms with Crippen molar-refractivity contribution in [2.45, 2.75) is 86.8 Å². The lowest BCUT2D eigenvalue weighted by molar-refractivity contribution is -0.157. The number of likely N-dealkylation sites (tertiary alicyclic amines) is 1. The number of hydrogen-bond donors (Lipinski definition) is 0. The van der Waals surface area contributed by atoms with E-state index in [1.54, 1.807) is 17.0 Å². The zero-order valence-electron chi connectivity index (χ0n) is 22.2. The molecule has 4 unspecified atom stereocenters. The number of amides is 1. The molecule has 38 heavy (non-hydrogen) atoms. The summed E-state index contributed by atoms with van der Waals surface area (Å²) in [5.74, 6) is -0.181. The van der Waals surface area contributed by atoms with Crippen LogP contribution in [-0.2, 0) is 19.4 Å². The zero-order chi connectivity index (χ0) is 27.5. The Morgan fingerprint density at radius 3 is 2.34 bits per heavy atom. The van der Waals surface area contributed by atoms with Gasteiger partial charge in [0.2, 0.25) is 5.91 Å². The van der Waals surface area contributed by atoms with E-state index in [-0.39, 0.29) is 66.9 Å². The van der Waals surface area contributed by atoms with Gasteiger partial charge in [-0.2, -0.15) is 0 Å². The largest absolute Gasteiger partial charge is 0.381 e. The van der Waals surface area contributed by atoms with E-state index in [4.69, 9.17) is 27.9 Å². The summed E-state index contributed by atoms with van der Waals surface area (Å²) in [6, 6.07) is 5.90. The summed E-state index contributed by atoms with van der Waals surface area (Å²) in [7, 11) is -3.92. The van der Waals surface area contributed by atoms with Crippen LogP contribution in [0.15, 0.2) is 52.3 Å². The molecule has 0 N–H and O–H groups in total. The third kappa shape index (κ3) is 4.36. The summed E-state index contributed by atoms with van der Waals surface area (Å²) in [6.45, 7) is 6.43. The van der Waals surface area contributed by atoms with E-state index >= 15 is 4.39 Å². The van der Waals surface area contributed by atoms with E-state index in [0.29, 0.717) is 10.6 Å². The first-order valence-corrected chi connectivity index (χ1v) is 15.9. The van der Waals surface area contributed by atoms with Crippen LogP contribution in [0.4, 0.5) is 4.39 Å². The molecule has 2 saturated heterocycles. The van der Waals surface area contributed by atoms with Gasteiger partial charge in [0.1, 0.15) is 10.6 Å². The Kier molecular flexibility index (Phi) is 7.56. The van der Waals surface area contributed by atoms with Crippen LogP contribution in [0.5, 0.6) is 0 Å². The molecule has 1 amide bonds. The van der Waals surface area contributed by atoms with Gasteiger partial charge in [-0.3, -0.25) is 4.79 Å². The highest BCUT2D eigenvalue weighted by Crippen LogP contribution is 2.53. The molecule has 208 valence electrons. The Labute approximate surface area is 235 Å². The van der Waals surface area contributed by atoms with Crippen LogP contribution in [0.1, 0.15) is 65.7 Å². The number of allylic oxidation sites excluding steroid dienone is 3. The molecule has 3 fully saturated rings. The average molecular weight is 585 g/mol. The van der Waals surface area contributed by atoms with E-state index < -0.39 is 31.2 Å². The quantitative estimate of drug-likeness (QED) is 0.364. The van der Waals surface area contributed by atoms with Gasteiger partial charge >= 0.3 is 0 Å². The second-order valence-corrected chi connectivity index (χ2v) is 15.1. The number of rotatable bonds is 4. The van der Waals surface area contributed by atoms with Gasteiger partial charge in [-0.1, -0.05) is 38.3 Å². The van der Waals surface area contributed by atoms with E-state index in [9.17, 15) is 13.2 Å². The van der Waals surface area contributed by atoms with Crippen molar-refractivity contribution in [1.29, 1.82) is 0 Å². The Bertz CT molecular complexity index is 1270. The van der Waals surface area contributed by atoms with Crippen LogP contribution in [0, 0.1) is 17.3 Å². The maximum absolute atomic E-state index is 16.2. The van der Waals surface area contributed by atoms with Gasteiger partial charge in [-0.05, 0) is 86.8 Å². The molecule has 2 aliphatic carbocycles. The molecule has 5 nitrogen and oxygen atoms in total. The first-order chi connectivity index (χ1) is 17.9. The minimum absolute atomic E-state index is 0.102. The summed E-state index contributed by atoms with van der Waals surface area (Å²) in [5.41, 5.74) is -0.00857. The van der Waals surface area contributed by atoms with Crippen molar-refractivity contribution in [3.8, 4) is 0 Å². The monoisotopic (exact) mass is 583 g/mol. The van der Waals surface area contributed by atoms with Crippen molar-refractivity contribution >= 4 is 38.9 Å². The molecule has 1 saturated carbocycles. The van der Waals surface area contributed by atoms with Gasteiger partial charge in [0.15, 0.2) is 9.84 Å². The molecule has 0 aromatic heterocycles. The van der Waals surface area contributed by atoms with E-state index in [0.717, 1.165) is 25.7 Å². The fraction of sp³-hybridized carbons (Fsp3) is 0.621. The molecule has 0 radical (unpaired) electrons. The molecular formula is C29H36Cl2FNO4S. The summed E-state index contributed by atoms with van der Waals surface area (Å²) in [4.78, 5) is 15.6. The van der Waals surface area contributed by atoms with Gasteiger partial charge in [0.25, 0.3) is 0 Å². The van der Waals surface area contributed by atoms with Crippen LogP contribution in [0.2, 0.25) is 5.02 Å². The van der Waals surface area contributed by atoms with Crippen molar-refractivity contribution in [2.24, 2.45) is 17.3 Å². The number of fused-ring (bicyclic) bond motifs is 1. The molecule has 4 atom stereocenters. The lowest BCUT2D eigenvalue weighted by atomic mass is 9.60. The predicted octanol–water partition coefficient (Wildman–Crippen LogP) is 6.84. The van der Waals surface area contributed by atoms with Gasteiger partial charge in [0, 0.05) is 29.7 Å². The van der Waals surface area contributed by atoms with E-state index in [1.807, 2.05) is 20.8 Å². The molecular weight excluding hydrogens is 548 g/mol. The van der Waals surface area contributed by atoms with Crippen LogP contribution >= 0.6 is 23.2 Å². The predicted molar refractivity (Wildman–Crippen MR) is 147 cm³/mol. The number of carbonyl (C=O) groups excluding carboxylic acids is 1. The number of carbonyl (C=O) groups is 1. The number of nitrogens with zero attached hydrogens (tertiary/aromatic N) is 1. The number of piperidine rings is 1. The maximum atomic E-state index is 16.2. The molecule has 0 spiro atoms. The number of halogens is 3. The highest BCUT2D eigenvalue weighted by Gasteiger charge is 2.55. The highest BCUT2D eigenvalue weighted by molar-refractivity contribution is 7.93. The Hall–Kier alpha value is -1.41. The molecule has 0 bridgehead atoms. The van der Waals surface area contributed by atoms with Crippen LogP contribution < -0.4 is 0 Å². The topological polar surface area (TPSA) is 63.7 Å². The molecule has 1 aromatic carbocycles. The molecule has 2 heterocycles. The summed E-state index contributed by atoms with van der Waals surface area (Å²) in [5, 5.41) is -0.428. The Morgan fingerprint density at radius 1 is 1.08 bits per heavy atom. The molecule has 4 aliphatic rings. The van der Waals surface area contributed by atoms with Crippen LogP contribution in [-0.4, -0.2) is 48.6 Å². The lowest BCUT2D eigenvalue weighted by Gasteiger charge is -2.55. The van der Waals surface area contributed by atoms with Crippen molar-refractivity contribution in [1.82, 2.24) is 4.90 Å². The van der Waals surface area contributed by atoms with Crippen LogP contribution in [0.3, 0.4) is 0 Å². The molecule has 5 rings (SSSR count). The minimum Gasteiger partial charge on any atom is -0.381 e. The standard InChI is InChI=1S/C29H36Cl2FNO4S/c1-18-22-6-4-5-7-23(22)28(2,3)27(34)33(18)26-24(31)16-19(17-25(26)32)29(12-14-37-15-13-29)38(35,36)21-10-8-20(30)9-11-21/h8-11,17-18,22-24H,4-7,12-16H2,1-3H3. The van der Waals surface area contributed by atoms with E-state index in [2.05, 4.69) is 0 Å². The van der Waals surface area contributed by atoms with Crippen LogP contribution in [0.25, 0.3) is 0 Å². The number of alkyl halides is 1. The number of ether oxygens (including phenoxy) is 1.